The van der Waals surface area contributed by atoms with Gasteiger partial charge in [0.25, 0.3) is 0 Å². The van der Waals surface area contributed by atoms with Crippen molar-refractivity contribution in [2.75, 3.05) is 13.1 Å². The molecule has 0 aromatic carbocycles. The first-order valence-electron chi connectivity index (χ1n) is 6.03. The average Bonchev–Trinajstić information content (AvgIpc) is 2.97. The van der Waals surface area contributed by atoms with Gasteiger partial charge in [-0.3, -0.25) is 4.79 Å². The topological polar surface area (TPSA) is 67.2 Å². The van der Waals surface area contributed by atoms with Gasteiger partial charge in [-0.25, -0.2) is 0 Å². The van der Waals surface area contributed by atoms with Gasteiger partial charge in [0.15, 0.2) is 0 Å². The van der Waals surface area contributed by atoms with Crippen LogP contribution in [0.5, 0.6) is 0 Å². The second-order valence-corrected chi connectivity index (χ2v) is 4.91. The van der Waals surface area contributed by atoms with Crippen molar-refractivity contribution in [3.63, 3.8) is 0 Å². The van der Waals surface area contributed by atoms with E-state index in [1.165, 1.54) is 6.26 Å². The van der Waals surface area contributed by atoms with E-state index >= 15 is 0 Å². The minimum Gasteiger partial charge on any atom is -0.364 e. The highest BCUT2D eigenvalue weighted by atomic mass is 16.5. The third-order valence-corrected chi connectivity index (χ3v) is 3.67. The van der Waals surface area contributed by atoms with Crippen LogP contribution in [0, 0.1) is 11.3 Å². The number of nitrogens with one attached hydrogen (secondary N) is 2. The van der Waals surface area contributed by atoms with Crippen LogP contribution in [-0.4, -0.2) is 24.2 Å². The number of carbonyl (C=O) groups is 1. The van der Waals surface area contributed by atoms with E-state index in [1.54, 1.807) is 6.07 Å². The number of aromatic nitrogens is 1. The lowest BCUT2D eigenvalue weighted by atomic mass is 9.75. The molecular formula is C12H19N3O2. The molecule has 0 aliphatic carbocycles. The molecule has 1 aliphatic rings. The summed E-state index contributed by atoms with van der Waals surface area (Å²) in [5.41, 5.74) is 0.479. The maximum atomic E-state index is 12.3. The molecule has 1 unspecified atom stereocenters. The molecule has 2 rings (SSSR count). The van der Waals surface area contributed by atoms with E-state index in [4.69, 9.17) is 4.52 Å². The van der Waals surface area contributed by atoms with Gasteiger partial charge in [-0.05, 0) is 18.9 Å². The first-order chi connectivity index (χ1) is 8.15. The fourth-order valence-electron chi connectivity index (χ4n) is 2.34. The van der Waals surface area contributed by atoms with E-state index in [9.17, 15) is 4.79 Å². The lowest BCUT2D eigenvalue weighted by Gasteiger charge is -2.30. The third kappa shape index (κ3) is 2.34. The molecule has 1 saturated heterocycles. The molecule has 0 saturated carbocycles. The highest BCUT2D eigenvalue weighted by Gasteiger charge is 2.43. The van der Waals surface area contributed by atoms with E-state index in [0.717, 1.165) is 25.2 Å². The van der Waals surface area contributed by atoms with E-state index in [-0.39, 0.29) is 11.3 Å². The average molecular weight is 237 g/mol. The molecule has 1 fully saturated rings. The Bertz CT molecular complexity index is 367. The van der Waals surface area contributed by atoms with Gasteiger partial charge in [0, 0.05) is 12.6 Å². The maximum Gasteiger partial charge on any atom is 0.228 e. The zero-order valence-corrected chi connectivity index (χ0v) is 10.3. The van der Waals surface area contributed by atoms with Crippen molar-refractivity contribution in [3.8, 4) is 0 Å². The third-order valence-electron chi connectivity index (χ3n) is 3.67. The standard InChI is InChI=1S/C12H19N3O2/c1-9(2)12(4-5-13-8-12)11(16)14-7-10-3-6-17-15-10/h3,6,9,13H,4-5,7-8H2,1-2H3,(H,14,16). The fraction of sp³-hybridized carbons (Fsp3) is 0.667. The molecular weight excluding hydrogens is 218 g/mol. The monoisotopic (exact) mass is 237 g/mol. The minimum absolute atomic E-state index is 0.112. The van der Waals surface area contributed by atoms with Crippen molar-refractivity contribution >= 4 is 5.91 Å². The first kappa shape index (κ1) is 12.1. The lowest BCUT2D eigenvalue weighted by molar-refractivity contribution is -0.132. The summed E-state index contributed by atoms with van der Waals surface area (Å²) in [6.07, 6.45) is 2.41. The molecule has 17 heavy (non-hydrogen) atoms. The fourth-order valence-corrected chi connectivity index (χ4v) is 2.34. The number of carbonyl (C=O) groups excluding carboxylic acids is 1. The summed E-state index contributed by atoms with van der Waals surface area (Å²) in [5.74, 6) is 0.440. The smallest absolute Gasteiger partial charge is 0.228 e. The second-order valence-electron chi connectivity index (χ2n) is 4.91. The van der Waals surface area contributed by atoms with Crippen LogP contribution in [0.2, 0.25) is 0 Å². The van der Waals surface area contributed by atoms with Crippen LogP contribution in [0.25, 0.3) is 0 Å². The van der Waals surface area contributed by atoms with Gasteiger partial charge in [-0.2, -0.15) is 0 Å². The van der Waals surface area contributed by atoms with Gasteiger partial charge in [0.05, 0.1) is 12.0 Å². The normalized spacial score (nSPS) is 24.2. The Kier molecular flexibility index (Phi) is 3.47. The van der Waals surface area contributed by atoms with Crippen molar-refractivity contribution in [2.24, 2.45) is 11.3 Å². The van der Waals surface area contributed by atoms with Crippen LogP contribution in [0.3, 0.4) is 0 Å². The zero-order valence-electron chi connectivity index (χ0n) is 10.3. The first-order valence-corrected chi connectivity index (χ1v) is 6.03. The molecule has 1 aromatic heterocycles. The molecule has 0 bridgehead atoms. The Morgan fingerprint density at radius 2 is 2.53 bits per heavy atom. The summed E-state index contributed by atoms with van der Waals surface area (Å²) < 4.78 is 4.73. The van der Waals surface area contributed by atoms with Crippen molar-refractivity contribution < 1.29 is 9.32 Å². The van der Waals surface area contributed by atoms with Gasteiger partial charge < -0.3 is 15.2 Å². The van der Waals surface area contributed by atoms with Crippen molar-refractivity contribution in [1.29, 1.82) is 0 Å². The van der Waals surface area contributed by atoms with Crippen LogP contribution < -0.4 is 10.6 Å². The Morgan fingerprint density at radius 1 is 1.71 bits per heavy atom. The number of nitrogens with zero attached hydrogens (tertiary/aromatic N) is 1. The Hall–Kier alpha value is -1.36. The van der Waals surface area contributed by atoms with Crippen molar-refractivity contribution in [3.05, 3.63) is 18.0 Å². The molecule has 0 spiro atoms. The number of hydrogen-bond donors (Lipinski definition) is 2. The van der Waals surface area contributed by atoms with E-state index in [2.05, 4.69) is 29.6 Å². The highest BCUT2D eigenvalue weighted by Crippen LogP contribution is 2.34. The van der Waals surface area contributed by atoms with Gasteiger partial charge in [0.2, 0.25) is 5.91 Å². The minimum atomic E-state index is -0.274. The Labute approximate surface area is 101 Å². The molecule has 1 aromatic rings. The molecule has 94 valence electrons. The molecule has 1 atom stereocenters. The van der Waals surface area contributed by atoms with Crippen molar-refractivity contribution in [1.82, 2.24) is 15.8 Å². The van der Waals surface area contributed by atoms with Gasteiger partial charge >= 0.3 is 0 Å². The lowest BCUT2D eigenvalue weighted by Crippen LogP contribution is -2.45. The predicted octanol–water partition coefficient (Wildman–Crippen LogP) is 0.926. The molecule has 1 amide bonds. The van der Waals surface area contributed by atoms with Gasteiger partial charge in [-0.1, -0.05) is 19.0 Å². The summed E-state index contributed by atoms with van der Waals surface area (Å²) >= 11 is 0. The molecule has 0 radical (unpaired) electrons. The predicted molar refractivity (Wildman–Crippen MR) is 63.1 cm³/mol. The number of hydrogen-bond acceptors (Lipinski definition) is 4. The maximum absolute atomic E-state index is 12.3. The molecule has 2 N–H and O–H groups in total. The second kappa shape index (κ2) is 4.87. The highest BCUT2D eigenvalue weighted by molar-refractivity contribution is 5.83. The summed E-state index contributed by atoms with van der Waals surface area (Å²) in [5, 5.41) is 10.00. The van der Waals surface area contributed by atoms with Gasteiger partial charge in [-0.15, -0.1) is 0 Å². The molecule has 2 heterocycles. The van der Waals surface area contributed by atoms with Gasteiger partial charge in [0.1, 0.15) is 12.0 Å². The quantitative estimate of drug-likeness (QED) is 0.817. The SMILES string of the molecule is CC(C)C1(C(=O)NCc2ccon2)CCNC1. The molecule has 5 heteroatoms. The van der Waals surface area contributed by atoms with Crippen LogP contribution in [0.1, 0.15) is 26.0 Å². The van der Waals surface area contributed by atoms with E-state index < -0.39 is 0 Å². The summed E-state index contributed by atoms with van der Waals surface area (Å²) in [6.45, 7) is 6.31. The Morgan fingerprint density at radius 3 is 3.06 bits per heavy atom. The van der Waals surface area contributed by atoms with Crippen LogP contribution in [0.15, 0.2) is 16.9 Å². The van der Waals surface area contributed by atoms with Crippen LogP contribution >= 0.6 is 0 Å². The van der Waals surface area contributed by atoms with E-state index in [1.807, 2.05) is 0 Å². The Balaban J connectivity index is 1.98. The number of amides is 1. The van der Waals surface area contributed by atoms with E-state index in [0.29, 0.717) is 12.5 Å². The van der Waals surface area contributed by atoms with Crippen LogP contribution in [0.4, 0.5) is 0 Å². The molecule has 5 nitrogen and oxygen atoms in total. The van der Waals surface area contributed by atoms with Crippen molar-refractivity contribution in [2.45, 2.75) is 26.8 Å². The number of rotatable bonds is 4. The summed E-state index contributed by atoms with van der Waals surface area (Å²) in [4.78, 5) is 12.3. The van der Waals surface area contributed by atoms with Crippen LogP contribution in [-0.2, 0) is 11.3 Å². The largest absolute Gasteiger partial charge is 0.364 e. The summed E-state index contributed by atoms with van der Waals surface area (Å²) in [7, 11) is 0. The zero-order chi connectivity index (χ0) is 12.3. The summed E-state index contributed by atoms with van der Waals surface area (Å²) in [6, 6.07) is 1.76. The molecule has 1 aliphatic heterocycles.